The Hall–Kier alpha value is -3.01. The molecule has 1 aromatic carbocycles. The molecule has 1 saturated heterocycles. The minimum Gasteiger partial charge on any atom is -0.397 e. The van der Waals surface area contributed by atoms with Gasteiger partial charge in [0.05, 0.1) is 35.1 Å². The Labute approximate surface area is 215 Å². The van der Waals surface area contributed by atoms with E-state index in [-0.39, 0.29) is 0 Å². The fraction of sp³-hybridized carbons (Fsp3) is 0.346. The van der Waals surface area contributed by atoms with Crippen molar-refractivity contribution in [3.63, 3.8) is 0 Å². The first kappa shape index (κ1) is 23.7. The van der Waals surface area contributed by atoms with Crippen molar-refractivity contribution in [1.29, 1.82) is 0 Å². The molecule has 0 spiro atoms. The van der Waals surface area contributed by atoms with Crippen LogP contribution in [0, 0.1) is 5.92 Å². The molecule has 1 fully saturated rings. The molecular formula is C26H31N7S2. The molecule has 1 aliphatic heterocycles. The van der Waals surface area contributed by atoms with E-state index in [9.17, 15) is 0 Å². The predicted octanol–water partition coefficient (Wildman–Crippen LogP) is 4.36. The quantitative estimate of drug-likeness (QED) is 0.307. The molecule has 4 N–H and O–H groups in total. The highest BCUT2D eigenvalue weighted by molar-refractivity contribution is 7.80. The van der Waals surface area contributed by atoms with Crippen molar-refractivity contribution in [2.24, 2.45) is 5.92 Å². The number of thiophene rings is 1. The van der Waals surface area contributed by atoms with Gasteiger partial charge >= 0.3 is 0 Å². The van der Waals surface area contributed by atoms with Gasteiger partial charge in [0.25, 0.3) is 0 Å². The molecule has 35 heavy (non-hydrogen) atoms. The first-order valence-electron chi connectivity index (χ1n) is 12.1. The zero-order chi connectivity index (χ0) is 24.0. The highest BCUT2D eigenvalue weighted by atomic mass is 32.1. The molecule has 0 aliphatic carbocycles. The normalized spacial score (nSPS) is 14.9. The summed E-state index contributed by atoms with van der Waals surface area (Å²) in [5.41, 5.74) is 9.64. The van der Waals surface area contributed by atoms with Crippen molar-refractivity contribution in [3.8, 4) is 0 Å². The number of nitrogens with two attached hydrogens (primary N) is 1. The lowest BCUT2D eigenvalue weighted by Gasteiger charge is -2.32. The van der Waals surface area contributed by atoms with Crippen molar-refractivity contribution in [1.82, 2.24) is 24.8 Å². The van der Waals surface area contributed by atoms with Crippen LogP contribution >= 0.6 is 23.6 Å². The maximum absolute atomic E-state index is 5.94. The van der Waals surface area contributed by atoms with E-state index in [1.165, 1.54) is 29.1 Å². The largest absolute Gasteiger partial charge is 0.397 e. The Bertz CT molecular complexity index is 1260. The number of hydrogen-bond donors (Lipinski definition) is 3. The average molecular weight is 506 g/mol. The van der Waals surface area contributed by atoms with Crippen LogP contribution in [-0.2, 0) is 13.0 Å². The Kier molecular flexibility index (Phi) is 7.56. The van der Waals surface area contributed by atoms with Crippen LogP contribution in [0.5, 0.6) is 0 Å². The van der Waals surface area contributed by atoms with Gasteiger partial charge in [-0.2, -0.15) is 0 Å². The number of nitrogens with zero attached hydrogens (tertiary/aromatic N) is 4. The molecule has 4 aromatic rings. The summed E-state index contributed by atoms with van der Waals surface area (Å²) in [6, 6.07) is 14.6. The summed E-state index contributed by atoms with van der Waals surface area (Å²) in [4.78, 5) is 13.0. The van der Waals surface area contributed by atoms with Gasteiger partial charge in [0.1, 0.15) is 5.82 Å². The second kappa shape index (κ2) is 11.2. The maximum atomic E-state index is 5.94. The standard InChI is InChI=1S/C26H31N7S2/c27-21-7-10-28-17-23(21)31-26(34)29-11-14-32-12-8-19(9-13-32)16-25-30-22-5-1-2-6-24(22)33(25)18-20-4-3-15-35-20/h1-7,10,15,17,19H,8-9,11-14,16,18H2,(H2,27,28)(H2,29,31,34). The summed E-state index contributed by atoms with van der Waals surface area (Å²) >= 11 is 7.21. The average Bonchev–Trinajstić information content (AvgIpc) is 3.50. The molecular weight excluding hydrogens is 474 g/mol. The molecule has 9 heteroatoms. The molecule has 0 bridgehead atoms. The van der Waals surface area contributed by atoms with Crippen LogP contribution < -0.4 is 16.4 Å². The maximum Gasteiger partial charge on any atom is 0.170 e. The van der Waals surface area contributed by atoms with E-state index in [0.29, 0.717) is 16.7 Å². The summed E-state index contributed by atoms with van der Waals surface area (Å²) in [6.45, 7) is 4.87. The summed E-state index contributed by atoms with van der Waals surface area (Å²) in [7, 11) is 0. The van der Waals surface area contributed by atoms with Crippen molar-refractivity contribution < 1.29 is 0 Å². The third-order valence-electron chi connectivity index (χ3n) is 6.62. The van der Waals surface area contributed by atoms with Gasteiger partial charge in [-0.25, -0.2) is 4.98 Å². The number of rotatable bonds is 8. The molecule has 7 nitrogen and oxygen atoms in total. The summed E-state index contributed by atoms with van der Waals surface area (Å²) < 4.78 is 2.42. The zero-order valence-corrected chi connectivity index (χ0v) is 21.3. The molecule has 182 valence electrons. The Morgan fingerprint density at radius 3 is 2.80 bits per heavy atom. The lowest BCUT2D eigenvalue weighted by molar-refractivity contribution is 0.185. The SMILES string of the molecule is Nc1ccncc1NC(=S)NCCN1CCC(Cc2nc3ccccc3n2Cc2cccs2)CC1. The van der Waals surface area contributed by atoms with Crippen molar-refractivity contribution in [2.75, 3.05) is 37.2 Å². The third-order valence-corrected chi connectivity index (χ3v) is 7.73. The van der Waals surface area contributed by atoms with Crippen LogP contribution in [0.15, 0.2) is 60.2 Å². The first-order chi connectivity index (χ1) is 17.2. The minimum absolute atomic E-state index is 0.573. The summed E-state index contributed by atoms with van der Waals surface area (Å²) in [5.74, 6) is 1.88. The Morgan fingerprint density at radius 2 is 2.00 bits per heavy atom. The fourth-order valence-electron chi connectivity index (χ4n) is 4.69. The number of imidazole rings is 1. The van der Waals surface area contributed by atoms with Crippen LogP contribution in [0.25, 0.3) is 11.0 Å². The van der Waals surface area contributed by atoms with E-state index in [1.54, 1.807) is 18.5 Å². The van der Waals surface area contributed by atoms with Crippen molar-refractivity contribution in [3.05, 3.63) is 70.9 Å². The van der Waals surface area contributed by atoms with Gasteiger partial charge in [0.2, 0.25) is 0 Å². The van der Waals surface area contributed by atoms with Gasteiger partial charge in [-0.3, -0.25) is 4.98 Å². The van der Waals surface area contributed by atoms with Crippen LogP contribution in [0.2, 0.25) is 0 Å². The van der Waals surface area contributed by atoms with E-state index in [4.69, 9.17) is 22.9 Å². The first-order valence-corrected chi connectivity index (χ1v) is 13.4. The van der Waals surface area contributed by atoms with Crippen molar-refractivity contribution >= 4 is 51.1 Å². The van der Waals surface area contributed by atoms with E-state index >= 15 is 0 Å². The molecule has 5 rings (SSSR count). The van der Waals surface area contributed by atoms with Gasteiger partial charge in [-0.15, -0.1) is 11.3 Å². The lowest BCUT2D eigenvalue weighted by Crippen LogP contribution is -2.41. The number of thiocarbonyl (C=S) groups is 1. The molecule has 4 heterocycles. The number of hydrogen-bond acceptors (Lipinski definition) is 6. The van der Waals surface area contributed by atoms with E-state index in [1.807, 2.05) is 11.3 Å². The van der Waals surface area contributed by atoms with Crippen LogP contribution in [0.4, 0.5) is 11.4 Å². The second-order valence-electron chi connectivity index (χ2n) is 9.02. The van der Waals surface area contributed by atoms with E-state index in [0.717, 1.165) is 50.3 Å². The molecule has 0 radical (unpaired) electrons. The van der Waals surface area contributed by atoms with Crippen molar-refractivity contribution in [2.45, 2.75) is 25.8 Å². The third kappa shape index (κ3) is 5.98. The topological polar surface area (TPSA) is 84.0 Å². The molecule has 0 amide bonds. The van der Waals surface area contributed by atoms with Gasteiger partial charge in [-0.1, -0.05) is 18.2 Å². The smallest absolute Gasteiger partial charge is 0.170 e. The van der Waals surface area contributed by atoms with E-state index < -0.39 is 0 Å². The van der Waals surface area contributed by atoms with Gasteiger partial charge in [0, 0.05) is 30.6 Å². The fourth-order valence-corrected chi connectivity index (χ4v) is 5.60. The zero-order valence-electron chi connectivity index (χ0n) is 19.7. The van der Waals surface area contributed by atoms with Gasteiger partial charge in [0.15, 0.2) is 5.11 Å². The highest BCUT2D eigenvalue weighted by Gasteiger charge is 2.22. The number of likely N-dealkylation sites (tertiary alicyclic amines) is 1. The number of piperidine rings is 1. The number of aromatic nitrogens is 3. The molecule has 0 unspecified atom stereocenters. The number of para-hydroxylation sites is 2. The molecule has 0 atom stereocenters. The number of nitrogen functional groups attached to an aromatic ring is 1. The van der Waals surface area contributed by atoms with Crippen LogP contribution in [0.1, 0.15) is 23.5 Å². The molecule has 1 aliphatic rings. The molecule has 3 aromatic heterocycles. The number of anilines is 2. The Balaban J connectivity index is 1.11. The Morgan fingerprint density at radius 1 is 1.14 bits per heavy atom. The monoisotopic (exact) mass is 505 g/mol. The minimum atomic E-state index is 0.573. The summed E-state index contributed by atoms with van der Waals surface area (Å²) in [6.07, 6.45) is 6.77. The van der Waals surface area contributed by atoms with Gasteiger partial charge in [-0.05, 0) is 73.7 Å². The molecule has 0 saturated carbocycles. The van der Waals surface area contributed by atoms with Crippen LogP contribution in [0.3, 0.4) is 0 Å². The van der Waals surface area contributed by atoms with E-state index in [2.05, 4.69) is 66.9 Å². The number of pyridine rings is 1. The second-order valence-corrected chi connectivity index (χ2v) is 10.5. The predicted molar refractivity (Wildman–Crippen MR) is 149 cm³/mol. The highest BCUT2D eigenvalue weighted by Crippen LogP contribution is 2.25. The number of fused-ring (bicyclic) bond motifs is 1. The van der Waals surface area contributed by atoms with Crippen LogP contribution in [-0.4, -0.2) is 50.7 Å². The number of nitrogens with one attached hydrogen (secondary N) is 2. The van der Waals surface area contributed by atoms with Gasteiger partial charge < -0.3 is 25.8 Å². The summed E-state index contributed by atoms with van der Waals surface area (Å²) in [5, 5.41) is 9.12. The number of benzene rings is 1. The lowest BCUT2D eigenvalue weighted by atomic mass is 9.93.